The molecule has 0 aromatic rings. The van der Waals surface area contributed by atoms with Crippen LogP contribution in [0.2, 0.25) is 18.1 Å². The topological polar surface area (TPSA) is 35.5 Å². The van der Waals surface area contributed by atoms with Gasteiger partial charge in [0.25, 0.3) is 0 Å². The van der Waals surface area contributed by atoms with Crippen LogP contribution < -0.4 is 0 Å². The van der Waals surface area contributed by atoms with E-state index in [1.54, 1.807) is 0 Å². The second-order valence-corrected chi connectivity index (χ2v) is 12.2. The van der Waals surface area contributed by atoms with Crippen LogP contribution in [0.5, 0.6) is 0 Å². The van der Waals surface area contributed by atoms with Gasteiger partial charge < -0.3 is 9.16 Å². The summed E-state index contributed by atoms with van der Waals surface area (Å²) < 4.78 is 12.0. The van der Waals surface area contributed by atoms with Crippen LogP contribution in [0.25, 0.3) is 0 Å². The zero-order valence-electron chi connectivity index (χ0n) is 14.1. The van der Waals surface area contributed by atoms with Gasteiger partial charge in [-0.15, -0.1) is 0 Å². The molecule has 0 N–H and O–H groups in total. The first-order valence-electron chi connectivity index (χ1n) is 7.49. The van der Waals surface area contributed by atoms with Gasteiger partial charge >= 0.3 is 5.97 Å². The normalized spacial score (nSPS) is 27.4. The van der Waals surface area contributed by atoms with Crippen LogP contribution in [-0.2, 0) is 14.0 Å². The lowest BCUT2D eigenvalue weighted by molar-refractivity contribution is -0.151. The van der Waals surface area contributed by atoms with E-state index >= 15 is 0 Å². The Bertz CT molecular complexity index is 382. The van der Waals surface area contributed by atoms with Crippen LogP contribution in [0.15, 0.2) is 12.2 Å². The van der Waals surface area contributed by atoms with Gasteiger partial charge in [0.2, 0.25) is 0 Å². The van der Waals surface area contributed by atoms with Gasteiger partial charge in [0, 0.05) is 6.92 Å². The zero-order chi connectivity index (χ0) is 15.6. The number of carbonyl (C=O) groups is 1. The maximum absolute atomic E-state index is 11.2. The molecule has 1 aliphatic carbocycles. The molecule has 0 heterocycles. The molecule has 4 heteroatoms. The average molecular weight is 298 g/mol. The average Bonchev–Trinajstić information content (AvgIpc) is 2.28. The van der Waals surface area contributed by atoms with E-state index in [9.17, 15) is 4.79 Å². The highest BCUT2D eigenvalue weighted by molar-refractivity contribution is 6.74. The number of hydrogen-bond acceptors (Lipinski definition) is 3. The molecule has 1 aliphatic rings. The van der Waals surface area contributed by atoms with E-state index < -0.39 is 8.32 Å². The Labute approximate surface area is 124 Å². The predicted octanol–water partition coefficient (Wildman–Crippen LogP) is 4.30. The van der Waals surface area contributed by atoms with Crippen molar-refractivity contribution in [2.45, 2.75) is 71.2 Å². The number of carbonyl (C=O) groups excluding carboxylic acids is 1. The van der Waals surface area contributed by atoms with Crippen molar-refractivity contribution < 1.29 is 14.0 Å². The Kier molecular flexibility index (Phi) is 5.25. The van der Waals surface area contributed by atoms with Crippen LogP contribution in [0.1, 0.15) is 47.5 Å². The van der Waals surface area contributed by atoms with E-state index in [1.807, 2.05) is 0 Å². The molecule has 0 saturated heterocycles. The standard InChI is InChI=1S/C16H30O3Si/c1-13-10-8-9-11-16(13,12-18-14(2)17)19-20(6,7)15(3,4)5/h8-9,13H,10-12H2,1-7H3/t13-,16-/m1/s1. The molecule has 0 unspecified atom stereocenters. The summed E-state index contributed by atoms with van der Waals surface area (Å²) in [4.78, 5) is 11.2. The van der Waals surface area contributed by atoms with Crippen LogP contribution in [-0.4, -0.2) is 26.5 Å². The van der Waals surface area contributed by atoms with Crippen LogP contribution in [0.3, 0.4) is 0 Å². The molecule has 0 amide bonds. The monoisotopic (exact) mass is 298 g/mol. The number of rotatable bonds is 4. The van der Waals surface area contributed by atoms with Gasteiger partial charge in [-0.3, -0.25) is 4.79 Å². The third kappa shape index (κ3) is 3.95. The molecule has 0 aromatic carbocycles. The third-order valence-corrected chi connectivity index (χ3v) is 9.33. The van der Waals surface area contributed by atoms with E-state index in [-0.39, 0.29) is 16.6 Å². The summed E-state index contributed by atoms with van der Waals surface area (Å²) in [6.07, 6.45) is 6.17. The molecule has 0 spiro atoms. The molecule has 1 rings (SSSR count). The van der Waals surface area contributed by atoms with Gasteiger partial charge in [-0.2, -0.15) is 0 Å². The molecule has 0 radical (unpaired) electrons. The zero-order valence-corrected chi connectivity index (χ0v) is 15.1. The molecule has 0 fully saturated rings. The smallest absolute Gasteiger partial charge is 0.302 e. The van der Waals surface area contributed by atoms with Gasteiger partial charge in [0.05, 0.1) is 5.60 Å². The fourth-order valence-corrected chi connectivity index (χ4v) is 3.92. The molecule has 3 nitrogen and oxygen atoms in total. The number of hydrogen-bond donors (Lipinski definition) is 0. The summed E-state index contributed by atoms with van der Waals surface area (Å²) >= 11 is 0. The summed E-state index contributed by atoms with van der Waals surface area (Å²) in [6.45, 7) is 15.2. The highest BCUT2D eigenvalue weighted by Gasteiger charge is 2.48. The van der Waals surface area contributed by atoms with Crippen LogP contribution >= 0.6 is 0 Å². The second-order valence-electron chi connectivity index (χ2n) is 7.52. The molecule has 0 saturated carbocycles. The van der Waals surface area contributed by atoms with Crippen molar-refractivity contribution in [1.82, 2.24) is 0 Å². The van der Waals surface area contributed by atoms with Gasteiger partial charge in [-0.1, -0.05) is 39.8 Å². The van der Waals surface area contributed by atoms with Gasteiger partial charge in [-0.25, -0.2) is 0 Å². The lowest BCUT2D eigenvalue weighted by Crippen LogP contribution is -2.55. The van der Waals surface area contributed by atoms with Crippen molar-refractivity contribution in [3.63, 3.8) is 0 Å². The molecule has 116 valence electrons. The molecule has 0 bridgehead atoms. The predicted molar refractivity (Wildman–Crippen MR) is 85.2 cm³/mol. The minimum absolute atomic E-state index is 0.150. The van der Waals surface area contributed by atoms with Crippen molar-refractivity contribution in [1.29, 1.82) is 0 Å². The Balaban J connectivity index is 2.99. The Morgan fingerprint density at radius 3 is 2.40 bits per heavy atom. The maximum atomic E-state index is 11.2. The largest absolute Gasteiger partial charge is 0.463 e. The van der Waals surface area contributed by atoms with Crippen molar-refractivity contribution in [3.8, 4) is 0 Å². The molecule has 20 heavy (non-hydrogen) atoms. The Hall–Kier alpha value is -0.613. The summed E-state index contributed by atoms with van der Waals surface area (Å²) in [7, 11) is -1.90. The van der Waals surface area contributed by atoms with Gasteiger partial charge in [-0.05, 0) is 36.9 Å². The SMILES string of the molecule is CC(=O)OC[C@]1(O[Si](C)(C)C(C)(C)C)CC=CC[C@H]1C. The number of allylic oxidation sites excluding steroid dienone is 1. The molecular formula is C16H30O3Si. The lowest BCUT2D eigenvalue weighted by atomic mass is 9.80. The van der Waals surface area contributed by atoms with Crippen molar-refractivity contribution in [2.24, 2.45) is 5.92 Å². The van der Waals surface area contributed by atoms with E-state index in [1.165, 1.54) is 6.92 Å². The minimum Gasteiger partial charge on any atom is -0.463 e. The number of esters is 1. The Morgan fingerprint density at radius 2 is 1.95 bits per heavy atom. The van der Waals surface area contributed by atoms with Crippen LogP contribution in [0.4, 0.5) is 0 Å². The fourth-order valence-electron chi connectivity index (χ4n) is 2.26. The molecule has 2 atom stereocenters. The molecule has 0 aromatic heterocycles. The highest BCUT2D eigenvalue weighted by Crippen LogP contribution is 2.44. The minimum atomic E-state index is -1.90. The van der Waals surface area contributed by atoms with Crippen molar-refractivity contribution >= 4 is 14.3 Å². The summed E-state index contributed by atoms with van der Waals surface area (Å²) in [6, 6.07) is 0. The van der Waals surface area contributed by atoms with Crippen molar-refractivity contribution in [2.75, 3.05) is 6.61 Å². The van der Waals surface area contributed by atoms with Crippen molar-refractivity contribution in [3.05, 3.63) is 12.2 Å². The quantitative estimate of drug-likeness (QED) is 0.441. The Morgan fingerprint density at radius 1 is 1.35 bits per heavy atom. The second kappa shape index (κ2) is 6.02. The van der Waals surface area contributed by atoms with E-state index in [0.29, 0.717) is 12.5 Å². The van der Waals surface area contributed by atoms with E-state index in [2.05, 4.69) is 52.9 Å². The number of ether oxygens (including phenoxy) is 1. The van der Waals surface area contributed by atoms with Crippen LogP contribution in [0, 0.1) is 5.92 Å². The summed E-state index contributed by atoms with van der Waals surface area (Å²) in [5, 5.41) is 0.150. The third-order valence-electron chi connectivity index (χ3n) is 4.80. The van der Waals surface area contributed by atoms with Gasteiger partial charge in [0.1, 0.15) is 6.61 Å². The van der Waals surface area contributed by atoms with Gasteiger partial charge in [0.15, 0.2) is 8.32 Å². The molecule has 0 aliphatic heterocycles. The molecular weight excluding hydrogens is 268 g/mol. The first kappa shape index (κ1) is 17.4. The highest BCUT2D eigenvalue weighted by atomic mass is 28.4. The van der Waals surface area contributed by atoms with E-state index in [4.69, 9.17) is 9.16 Å². The fraction of sp³-hybridized carbons (Fsp3) is 0.812. The summed E-state index contributed by atoms with van der Waals surface area (Å²) in [5.41, 5.74) is -0.358. The lowest BCUT2D eigenvalue weighted by Gasteiger charge is -2.48. The summed E-state index contributed by atoms with van der Waals surface area (Å²) in [5.74, 6) is 0.130. The van der Waals surface area contributed by atoms with E-state index in [0.717, 1.165) is 12.8 Å². The maximum Gasteiger partial charge on any atom is 0.302 e. The first-order chi connectivity index (χ1) is 9.00. The first-order valence-corrected chi connectivity index (χ1v) is 10.4.